The van der Waals surface area contributed by atoms with Crippen LogP contribution in [0.5, 0.6) is 0 Å². The number of nitrogens with one attached hydrogen (secondary N) is 1. The summed E-state index contributed by atoms with van der Waals surface area (Å²) in [4.78, 5) is 23.7. The van der Waals surface area contributed by atoms with Crippen molar-refractivity contribution in [1.82, 2.24) is 5.32 Å². The minimum atomic E-state index is -0.650. The Labute approximate surface area is 147 Å². The molecule has 0 saturated heterocycles. The molecule has 3 N–H and O–H groups in total. The molecular formula is C20H20N2O3. The number of nitrogens with two attached hydrogens (primary N) is 1. The van der Waals surface area contributed by atoms with E-state index in [2.05, 4.69) is 21.9 Å². The van der Waals surface area contributed by atoms with Crippen LogP contribution < -0.4 is 11.1 Å². The third-order valence-corrected chi connectivity index (χ3v) is 3.61. The van der Waals surface area contributed by atoms with E-state index in [1.54, 1.807) is 43.3 Å². The number of hydrogen-bond donors (Lipinski definition) is 2. The summed E-state index contributed by atoms with van der Waals surface area (Å²) in [5, 5.41) is 2.65. The third kappa shape index (κ3) is 5.11. The molecule has 2 aromatic rings. The van der Waals surface area contributed by atoms with Crippen molar-refractivity contribution in [2.24, 2.45) is 0 Å². The Kier molecular flexibility index (Phi) is 6.19. The Morgan fingerprint density at radius 2 is 1.56 bits per heavy atom. The van der Waals surface area contributed by atoms with Crippen molar-refractivity contribution < 1.29 is 14.3 Å². The van der Waals surface area contributed by atoms with Gasteiger partial charge < -0.3 is 15.8 Å². The molecular weight excluding hydrogens is 316 g/mol. The smallest absolute Gasteiger partial charge is 0.328 e. The van der Waals surface area contributed by atoms with Crippen molar-refractivity contribution >= 4 is 17.6 Å². The van der Waals surface area contributed by atoms with Gasteiger partial charge >= 0.3 is 5.97 Å². The van der Waals surface area contributed by atoms with Gasteiger partial charge in [-0.1, -0.05) is 18.8 Å². The van der Waals surface area contributed by atoms with E-state index in [0.717, 1.165) is 11.1 Å². The largest absolute Gasteiger partial charge is 0.467 e. The minimum Gasteiger partial charge on any atom is -0.467 e. The molecule has 0 aliphatic carbocycles. The van der Waals surface area contributed by atoms with E-state index < -0.39 is 12.0 Å². The SMILES string of the molecule is CC[C@H](NC(=O)c1ccc(C#Cc2ccc(N)cc2)cc1)C(=O)OC. The number of hydrogen-bond acceptors (Lipinski definition) is 4. The molecule has 2 aromatic carbocycles. The number of methoxy groups -OCH3 is 1. The van der Waals surface area contributed by atoms with Crippen molar-refractivity contribution in [3.63, 3.8) is 0 Å². The summed E-state index contributed by atoms with van der Waals surface area (Å²) in [6.45, 7) is 1.80. The summed E-state index contributed by atoms with van der Waals surface area (Å²) in [5.74, 6) is 5.28. The first-order valence-corrected chi connectivity index (χ1v) is 7.89. The number of esters is 1. The molecule has 0 saturated carbocycles. The van der Waals surface area contributed by atoms with Crippen LogP contribution in [-0.2, 0) is 9.53 Å². The minimum absolute atomic E-state index is 0.324. The van der Waals surface area contributed by atoms with Gasteiger partial charge in [0.05, 0.1) is 7.11 Å². The number of ether oxygens (including phenoxy) is 1. The molecule has 0 aliphatic heterocycles. The summed E-state index contributed by atoms with van der Waals surface area (Å²) in [6.07, 6.45) is 0.462. The molecule has 1 amide bonds. The highest BCUT2D eigenvalue weighted by Crippen LogP contribution is 2.07. The molecule has 1 atom stereocenters. The molecule has 0 aliphatic rings. The summed E-state index contributed by atoms with van der Waals surface area (Å²) < 4.78 is 4.66. The first-order chi connectivity index (χ1) is 12.0. The van der Waals surface area contributed by atoms with E-state index >= 15 is 0 Å². The van der Waals surface area contributed by atoms with E-state index in [9.17, 15) is 9.59 Å². The van der Waals surface area contributed by atoms with Gasteiger partial charge in [0, 0.05) is 22.4 Å². The van der Waals surface area contributed by atoms with Gasteiger partial charge in [0.25, 0.3) is 5.91 Å². The maximum atomic E-state index is 12.2. The molecule has 0 spiro atoms. The second kappa shape index (κ2) is 8.55. The van der Waals surface area contributed by atoms with Gasteiger partial charge in [0.15, 0.2) is 0 Å². The molecule has 0 bridgehead atoms. The van der Waals surface area contributed by atoms with E-state index in [0.29, 0.717) is 17.7 Å². The average Bonchev–Trinajstić information content (AvgIpc) is 2.65. The van der Waals surface area contributed by atoms with Crippen LogP contribution in [0.15, 0.2) is 48.5 Å². The van der Waals surface area contributed by atoms with Crippen molar-refractivity contribution in [1.29, 1.82) is 0 Å². The predicted molar refractivity (Wildman–Crippen MR) is 96.8 cm³/mol. The summed E-state index contributed by atoms with van der Waals surface area (Å²) in [7, 11) is 1.30. The van der Waals surface area contributed by atoms with Crippen LogP contribution in [-0.4, -0.2) is 25.0 Å². The van der Waals surface area contributed by atoms with Gasteiger partial charge in [0.2, 0.25) is 0 Å². The maximum absolute atomic E-state index is 12.2. The van der Waals surface area contributed by atoms with Gasteiger partial charge in [-0.25, -0.2) is 4.79 Å². The topological polar surface area (TPSA) is 81.4 Å². The molecule has 25 heavy (non-hydrogen) atoms. The van der Waals surface area contributed by atoms with E-state index in [1.165, 1.54) is 7.11 Å². The second-order valence-electron chi connectivity index (χ2n) is 5.41. The first kappa shape index (κ1) is 18.1. The second-order valence-corrected chi connectivity index (χ2v) is 5.41. The fourth-order valence-electron chi connectivity index (χ4n) is 2.13. The molecule has 0 aromatic heterocycles. The fraction of sp³-hybridized carbons (Fsp3) is 0.200. The zero-order valence-electron chi connectivity index (χ0n) is 14.2. The summed E-state index contributed by atoms with van der Waals surface area (Å²) in [6, 6.07) is 13.5. The normalized spacial score (nSPS) is 11.0. The Balaban J connectivity index is 2.05. The molecule has 0 radical (unpaired) electrons. The Morgan fingerprint density at radius 3 is 2.04 bits per heavy atom. The highest BCUT2D eigenvalue weighted by molar-refractivity contribution is 5.96. The number of benzene rings is 2. The van der Waals surface area contributed by atoms with Gasteiger partial charge in [-0.3, -0.25) is 4.79 Å². The van der Waals surface area contributed by atoms with Crippen LogP contribution in [0.3, 0.4) is 0 Å². The number of carbonyl (C=O) groups is 2. The summed E-state index contributed by atoms with van der Waals surface area (Å²) in [5.41, 5.74) is 8.43. The molecule has 0 unspecified atom stereocenters. The van der Waals surface area contributed by atoms with Crippen molar-refractivity contribution in [2.75, 3.05) is 12.8 Å². The van der Waals surface area contributed by atoms with Crippen molar-refractivity contribution in [3.8, 4) is 11.8 Å². The number of anilines is 1. The fourth-order valence-corrected chi connectivity index (χ4v) is 2.13. The highest BCUT2D eigenvalue weighted by Gasteiger charge is 2.19. The average molecular weight is 336 g/mol. The molecule has 5 heteroatoms. The monoisotopic (exact) mass is 336 g/mol. The van der Waals surface area contributed by atoms with Crippen LogP contribution in [0.25, 0.3) is 0 Å². The first-order valence-electron chi connectivity index (χ1n) is 7.89. The third-order valence-electron chi connectivity index (χ3n) is 3.61. The van der Waals surface area contributed by atoms with E-state index in [1.807, 2.05) is 12.1 Å². The van der Waals surface area contributed by atoms with Crippen LogP contribution in [0.4, 0.5) is 5.69 Å². The predicted octanol–water partition coefficient (Wildman–Crippen LogP) is 2.35. The van der Waals surface area contributed by atoms with Crippen LogP contribution in [0.2, 0.25) is 0 Å². The molecule has 0 heterocycles. The Bertz CT molecular complexity index is 800. The van der Waals surface area contributed by atoms with Gasteiger partial charge in [-0.2, -0.15) is 0 Å². The van der Waals surface area contributed by atoms with Gasteiger partial charge in [0.1, 0.15) is 6.04 Å². The Hall–Kier alpha value is -3.26. The quantitative estimate of drug-likeness (QED) is 0.510. The molecule has 0 fully saturated rings. The van der Waals surface area contributed by atoms with Crippen molar-refractivity contribution in [2.45, 2.75) is 19.4 Å². The zero-order valence-corrected chi connectivity index (χ0v) is 14.2. The van der Waals surface area contributed by atoms with Crippen LogP contribution >= 0.6 is 0 Å². The van der Waals surface area contributed by atoms with Crippen LogP contribution in [0, 0.1) is 11.8 Å². The van der Waals surface area contributed by atoms with Gasteiger partial charge in [-0.05, 0) is 55.0 Å². The van der Waals surface area contributed by atoms with Crippen molar-refractivity contribution in [3.05, 3.63) is 65.2 Å². The lowest BCUT2D eigenvalue weighted by molar-refractivity contribution is -0.142. The number of amides is 1. The number of nitrogen functional groups attached to an aromatic ring is 1. The lowest BCUT2D eigenvalue weighted by Crippen LogP contribution is -2.41. The zero-order chi connectivity index (χ0) is 18.2. The van der Waals surface area contributed by atoms with E-state index in [-0.39, 0.29) is 5.91 Å². The lowest BCUT2D eigenvalue weighted by Gasteiger charge is -2.14. The highest BCUT2D eigenvalue weighted by atomic mass is 16.5. The molecule has 5 nitrogen and oxygen atoms in total. The number of rotatable bonds is 4. The Morgan fingerprint density at radius 1 is 1.04 bits per heavy atom. The molecule has 128 valence electrons. The standard InChI is InChI=1S/C20H20N2O3/c1-3-18(20(24)25-2)22-19(23)16-10-6-14(7-11-16)4-5-15-8-12-17(21)13-9-15/h6-13,18H,3,21H2,1-2H3,(H,22,23)/t18-/m0/s1. The summed E-state index contributed by atoms with van der Waals surface area (Å²) >= 11 is 0. The lowest BCUT2D eigenvalue weighted by atomic mass is 10.1. The molecule has 2 rings (SSSR count). The number of carbonyl (C=O) groups excluding carboxylic acids is 2. The maximum Gasteiger partial charge on any atom is 0.328 e. The van der Waals surface area contributed by atoms with E-state index in [4.69, 9.17) is 5.73 Å². The van der Waals surface area contributed by atoms with Crippen LogP contribution in [0.1, 0.15) is 34.8 Å². The van der Waals surface area contributed by atoms with Gasteiger partial charge in [-0.15, -0.1) is 0 Å².